The Balaban J connectivity index is 4.40. The first kappa shape index (κ1) is 11.2. The van der Waals surface area contributed by atoms with Gasteiger partial charge in [0, 0.05) is 20.4 Å². The Morgan fingerprint density at radius 2 is 1.91 bits per heavy atom. The molecule has 0 rings (SSSR count). The van der Waals surface area contributed by atoms with Crippen LogP contribution in [0.1, 0.15) is 20.8 Å². The van der Waals surface area contributed by atoms with Crippen molar-refractivity contribution >= 4 is 7.37 Å². The van der Waals surface area contributed by atoms with Gasteiger partial charge in [-0.3, -0.25) is 4.57 Å². The van der Waals surface area contributed by atoms with Crippen LogP contribution in [0.4, 0.5) is 0 Å². The van der Waals surface area contributed by atoms with E-state index in [4.69, 9.17) is 9.26 Å². The maximum atomic E-state index is 11.6. The van der Waals surface area contributed by atoms with E-state index >= 15 is 0 Å². The standard InChI is InChI=1S/C7H17O3P/c1-6-10-7(2,3)11(5,8)9-4/h6H2,1-5H3. The molecule has 0 aliphatic carbocycles. The zero-order chi connectivity index (χ0) is 9.12. The fraction of sp³-hybridized carbons (Fsp3) is 1.00. The van der Waals surface area contributed by atoms with E-state index in [0.717, 1.165) is 0 Å². The van der Waals surface area contributed by atoms with Crippen molar-refractivity contribution < 1.29 is 13.8 Å². The topological polar surface area (TPSA) is 35.5 Å². The van der Waals surface area contributed by atoms with Crippen LogP contribution >= 0.6 is 7.37 Å². The summed E-state index contributed by atoms with van der Waals surface area (Å²) in [4.78, 5) is 0. The van der Waals surface area contributed by atoms with Crippen LogP contribution in [0.3, 0.4) is 0 Å². The Labute approximate surface area is 68.5 Å². The van der Waals surface area contributed by atoms with E-state index in [1.807, 2.05) is 6.92 Å². The third-order valence-electron chi connectivity index (χ3n) is 1.82. The molecule has 0 spiro atoms. The second-order valence-electron chi connectivity index (χ2n) is 2.91. The zero-order valence-corrected chi connectivity index (χ0v) is 8.77. The predicted octanol–water partition coefficient (Wildman–Crippen LogP) is 2.31. The van der Waals surface area contributed by atoms with E-state index in [2.05, 4.69) is 0 Å². The second kappa shape index (κ2) is 3.70. The van der Waals surface area contributed by atoms with Gasteiger partial charge in [-0.25, -0.2) is 0 Å². The van der Waals surface area contributed by atoms with Gasteiger partial charge in [0.1, 0.15) is 5.34 Å². The second-order valence-corrected chi connectivity index (χ2v) is 6.04. The lowest BCUT2D eigenvalue weighted by Crippen LogP contribution is -2.24. The Morgan fingerprint density at radius 1 is 1.45 bits per heavy atom. The number of hydrogen-bond acceptors (Lipinski definition) is 3. The van der Waals surface area contributed by atoms with E-state index in [1.54, 1.807) is 20.5 Å². The summed E-state index contributed by atoms with van der Waals surface area (Å²) in [5.74, 6) is 0. The first-order chi connectivity index (χ1) is 4.87. The molecule has 0 saturated heterocycles. The Morgan fingerprint density at radius 3 is 2.18 bits per heavy atom. The minimum Gasteiger partial charge on any atom is -0.366 e. The van der Waals surface area contributed by atoms with Gasteiger partial charge in [-0.2, -0.15) is 0 Å². The minimum atomic E-state index is -2.62. The van der Waals surface area contributed by atoms with E-state index < -0.39 is 12.7 Å². The van der Waals surface area contributed by atoms with Crippen LogP contribution < -0.4 is 0 Å². The lowest BCUT2D eigenvalue weighted by Gasteiger charge is -2.29. The van der Waals surface area contributed by atoms with Crippen LogP contribution in [0.2, 0.25) is 0 Å². The SMILES string of the molecule is CCOC(C)(C)P(C)(=O)OC. The fourth-order valence-corrected chi connectivity index (χ4v) is 1.49. The molecule has 0 aromatic heterocycles. The average Bonchev–Trinajstić information content (AvgIpc) is 1.87. The van der Waals surface area contributed by atoms with Gasteiger partial charge in [-0.05, 0) is 20.8 Å². The predicted molar refractivity (Wildman–Crippen MR) is 46.2 cm³/mol. The molecule has 0 saturated carbocycles. The molecule has 0 aliphatic rings. The van der Waals surface area contributed by atoms with Gasteiger partial charge in [0.2, 0.25) is 7.37 Å². The van der Waals surface area contributed by atoms with Crippen molar-refractivity contribution in [3.63, 3.8) is 0 Å². The molecule has 0 heterocycles. The highest BCUT2D eigenvalue weighted by Gasteiger charge is 2.37. The lowest BCUT2D eigenvalue weighted by molar-refractivity contribution is 0.0427. The fourth-order valence-electron chi connectivity index (χ4n) is 0.690. The molecular weight excluding hydrogens is 163 g/mol. The van der Waals surface area contributed by atoms with Gasteiger partial charge in [0.25, 0.3) is 0 Å². The molecule has 0 aliphatic heterocycles. The molecular formula is C7H17O3P. The molecule has 0 aromatic rings. The summed E-state index contributed by atoms with van der Waals surface area (Å²) in [5.41, 5.74) is 0. The molecule has 4 heteroatoms. The summed E-state index contributed by atoms with van der Waals surface area (Å²) in [6.45, 7) is 7.57. The minimum absolute atomic E-state index is 0.550. The summed E-state index contributed by atoms with van der Waals surface area (Å²) in [7, 11) is -1.17. The monoisotopic (exact) mass is 180 g/mol. The van der Waals surface area contributed by atoms with Crippen molar-refractivity contribution in [3.8, 4) is 0 Å². The van der Waals surface area contributed by atoms with Crippen LogP contribution in [0.25, 0.3) is 0 Å². The molecule has 68 valence electrons. The third-order valence-corrected chi connectivity index (χ3v) is 4.61. The molecule has 0 aromatic carbocycles. The van der Waals surface area contributed by atoms with Crippen LogP contribution in [0.15, 0.2) is 0 Å². The number of rotatable bonds is 4. The molecule has 0 bridgehead atoms. The van der Waals surface area contributed by atoms with Crippen molar-refractivity contribution in [2.24, 2.45) is 0 Å². The number of ether oxygens (including phenoxy) is 1. The van der Waals surface area contributed by atoms with Crippen molar-refractivity contribution in [3.05, 3.63) is 0 Å². The van der Waals surface area contributed by atoms with E-state index in [1.165, 1.54) is 7.11 Å². The van der Waals surface area contributed by atoms with Crippen molar-refractivity contribution in [2.75, 3.05) is 20.4 Å². The first-order valence-electron chi connectivity index (χ1n) is 3.64. The molecule has 1 atom stereocenters. The Hall–Kier alpha value is 0.150. The summed E-state index contributed by atoms with van der Waals surface area (Å²) < 4.78 is 21.8. The third kappa shape index (κ3) is 2.58. The van der Waals surface area contributed by atoms with Crippen LogP contribution in [0.5, 0.6) is 0 Å². The molecule has 0 amide bonds. The Kier molecular flexibility index (Phi) is 3.75. The zero-order valence-electron chi connectivity index (χ0n) is 7.88. The maximum Gasteiger partial charge on any atom is 0.230 e. The van der Waals surface area contributed by atoms with Gasteiger partial charge < -0.3 is 9.26 Å². The Bertz CT molecular complexity index is 165. The normalized spacial score (nSPS) is 17.9. The summed E-state index contributed by atoms with van der Waals surface area (Å²) >= 11 is 0. The van der Waals surface area contributed by atoms with Crippen molar-refractivity contribution in [1.82, 2.24) is 0 Å². The van der Waals surface area contributed by atoms with Gasteiger partial charge in [0.05, 0.1) is 0 Å². The molecule has 0 radical (unpaired) electrons. The molecule has 1 unspecified atom stereocenters. The van der Waals surface area contributed by atoms with Gasteiger partial charge in [-0.1, -0.05) is 0 Å². The molecule has 0 N–H and O–H groups in total. The quantitative estimate of drug-likeness (QED) is 0.623. The van der Waals surface area contributed by atoms with E-state index in [0.29, 0.717) is 6.61 Å². The van der Waals surface area contributed by atoms with Crippen LogP contribution in [-0.2, 0) is 13.8 Å². The van der Waals surface area contributed by atoms with Crippen molar-refractivity contribution in [1.29, 1.82) is 0 Å². The smallest absolute Gasteiger partial charge is 0.230 e. The lowest BCUT2D eigenvalue weighted by atomic mass is 10.5. The van der Waals surface area contributed by atoms with E-state index in [9.17, 15) is 4.57 Å². The van der Waals surface area contributed by atoms with Crippen molar-refractivity contribution in [2.45, 2.75) is 26.1 Å². The maximum absolute atomic E-state index is 11.6. The first-order valence-corrected chi connectivity index (χ1v) is 5.72. The van der Waals surface area contributed by atoms with Gasteiger partial charge >= 0.3 is 0 Å². The van der Waals surface area contributed by atoms with Gasteiger partial charge in [-0.15, -0.1) is 0 Å². The van der Waals surface area contributed by atoms with Crippen LogP contribution in [0, 0.1) is 0 Å². The summed E-state index contributed by atoms with van der Waals surface area (Å²) in [5, 5.41) is -0.670. The average molecular weight is 180 g/mol. The summed E-state index contributed by atoms with van der Waals surface area (Å²) in [6, 6.07) is 0. The molecule has 0 fully saturated rings. The molecule has 11 heavy (non-hydrogen) atoms. The van der Waals surface area contributed by atoms with E-state index in [-0.39, 0.29) is 0 Å². The largest absolute Gasteiger partial charge is 0.366 e. The van der Waals surface area contributed by atoms with Crippen LogP contribution in [-0.4, -0.2) is 25.7 Å². The number of hydrogen-bond donors (Lipinski definition) is 0. The highest BCUT2D eigenvalue weighted by molar-refractivity contribution is 7.59. The van der Waals surface area contributed by atoms with Gasteiger partial charge in [0.15, 0.2) is 0 Å². The summed E-state index contributed by atoms with van der Waals surface area (Å²) in [6.07, 6.45) is 0. The highest BCUT2D eigenvalue weighted by Crippen LogP contribution is 2.55. The molecule has 3 nitrogen and oxygen atoms in total. The highest BCUT2D eigenvalue weighted by atomic mass is 31.2.